The second-order valence-corrected chi connectivity index (χ2v) is 7.91. The molecule has 1 unspecified atom stereocenters. The zero-order valence-corrected chi connectivity index (χ0v) is 16.8. The molecule has 0 saturated carbocycles. The number of carbonyl (C=O) groups excluding carboxylic acids is 2. The second-order valence-electron chi connectivity index (χ2n) is 6.23. The monoisotopic (exact) mass is 404 g/mol. The van der Waals surface area contributed by atoms with Crippen LogP contribution in [0.4, 0.5) is 5.69 Å². The van der Waals surface area contributed by atoms with Crippen molar-refractivity contribution >= 4 is 40.9 Å². The molecule has 0 aromatic heterocycles. The summed E-state index contributed by atoms with van der Waals surface area (Å²) in [6.45, 7) is 2.92. The van der Waals surface area contributed by atoms with Crippen molar-refractivity contribution in [1.29, 1.82) is 0 Å². The Balaban J connectivity index is 1.65. The van der Waals surface area contributed by atoms with Gasteiger partial charge in [0.1, 0.15) is 5.75 Å². The molecule has 0 fully saturated rings. The molecule has 3 rings (SSSR count). The van der Waals surface area contributed by atoms with Crippen LogP contribution in [0.3, 0.4) is 0 Å². The van der Waals surface area contributed by atoms with E-state index in [1.54, 1.807) is 24.1 Å². The van der Waals surface area contributed by atoms with E-state index in [0.717, 1.165) is 16.2 Å². The third kappa shape index (κ3) is 4.76. The number of hydrogen-bond donors (Lipinski definition) is 1. The highest BCUT2D eigenvalue weighted by Gasteiger charge is 2.30. The topological polar surface area (TPSA) is 58.6 Å². The molecule has 1 atom stereocenters. The fourth-order valence-corrected chi connectivity index (χ4v) is 4.10. The lowest BCUT2D eigenvalue weighted by molar-refractivity contribution is -0.131. The Morgan fingerprint density at radius 3 is 2.85 bits per heavy atom. The molecule has 0 spiro atoms. The number of hydrogen-bond acceptors (Lipinski definition) is 4. The standard InChI is InChI=1S/C20H21ClN2O3S/c1-3-26-16-7-5-4-6-13(16)12-23(2)19(24)11-18-20(25)22-15-10-14(21)8-9-17(15)27-18/h4-10,18H,3,11-12H2,1-2H3,(H,22,25). The van der Waals surface area contributed by atoms with Crippen molar-refractivity contribution in [1.82, 2.24) is 4.90 Å². The first-order valence-corrected chi connectivity index (χ1v) is 9.95. The van der Waals surface area contributed by atoms with E-state index in [0.29, 0.717) is 23.9 Å². The summed E-state index contributed by atoms with van der Waals surface area (Å²) in [6, 6.07) is 13.0. The number of ether oxygens (including phenoxy) is 1. The number of para-hydroxylation sites is 1. The molecule has 1 aliphatic heterocycles. The Morgan fingerprint density at radius 2 is 2.07 bits per heavy atom. The fraction of sp³-hybridized carbons (Fsp3) is 0.300. The van der Waals surface area contributed by atoms with Gasteiger partial charge in [-0.05, 0) is 31.2 Å². The van der Waals surface area contributed by atoms with Crippen LogP contribution in [0.2, 0.25) is 5.02 Å². The van der Waals surface area contributed by atoms with Crippen LogP contribution in [0.25, 0.3) is 0 Å². The molecule has 2 amide bonds. The van der Waals surface area contributed by atoms with E-state index >= 15 is 0 Å². The molecule has 2 aromatic rings. The summed E-state index contributed by atoms with van der Waals surface area (Å²) in [4.78, 5) is 27.6. The molecule has 0 bridgehead atoms. The van der Waals surface area contributed by atoms with Crippen molar-refractivity contribution in [3.63, 3.8) is 0 Å². The summed E-state index contributed by atoms with van der Waals surface area (Å²) in [7, 11) is 1.74. The summed E-state index contributed by atoms with van der Waals surface area (Å²) < 4.78 is 5.62. The molecule has 142 valence electrons. The SMILES string of the molecule is CCOc1ccccc1CN(C)C(=O)CC1Sc2ccc(Cl)cc2NC1=O. The number of amides is 2. The van der Waals surface area contributed by atoms with Crippen molar-refractivity contribution < 1.29 is 14.3 Å². The van der Waals surface area contributed by atoms with Crippen LogP contribution in [-0.2, 0) is 16.1 Å². The van der Waals surface area contributed by atoms with Crippen LogP contribution in [0, 0.1) is 0 Å². The van der Waals surface area contributed by atoms with Gasteiger partial charge in [0.2, 0.25) is 11.8 Å². The third-order valence-corrected chi connectivity index (χ3v) is 5.74. The molecule has 7 heteroatoms. The van der Waals surface area contributed by atoms with Crippen LogP contribution >= 0.6 is 23.4 Å². The highest BCUT2D eigenvalue weighted by Crippen LogP contribution is 2.38. The molecular weight excluding hydrogens is 384 g/mol. The van der Waals surface area contributed by atoms with Gasteiger partial charge >= 0.3 is 0 Å². The predicted molar refractivity (Wildman–Crippen MR) is 108 cm³/mol. The minimum absolute atomic E-state index is 0.0913. The van der Waals surface area contributed by atoms with E-state index < -0.39 is 5.25 Å². The van der Waals surface area contributed by atoms with Gasteiger partial charge in [-0.25, -0.2) is 0 Å². The van der Waals surface area contributed by atoms with E-state index in [4.69, 9.17) is 16.3 Å². The van der Waals surface area contributed by atoms with Gasteiger partial charge in [-0.15, -0.1) is 11.8 Å². The quantitative estimate of drug-likeness (QED) is 0.783. The number of nitrogens with zero attached hydrogens (tertiary/aromatic N) is 1. The lowest BCUT2D eigenvalue weighted by Gasteiger charge is -2.26. The van der Waals surface area contributed by atoms with Gasteiger partial charge in [-0.2, -0.15) is 0 Å². The van der Waals surface area contributed by atoms with E-state index in [2.05, 4.69) is 5.32 Å². The molecule has 0 radical (unpaired) electrons. The number of carbonyl (C=O) groups is 2. The molecule has 27 heavy (non-hydrogen) atoms. The molecule has 5 nitrogen and oxygen atoms in total. The molecule has 1 heterocycles. The summed E-state index contributed by atoms with van der Waals surface area (Å²) >= 11 is 7.36. The fourth-order valence-electron chi connectivity index (χ4n) is 2.85. The van der Waals surface area contributed by atoms with Crippen molar-refractivity contribution in [2.24, 2.45) is 0 Å². The van der Waals surface area contributed by atoms with Crippen LogP contribution in [0.1, 0.15) is 18.9 Å². The van der Waals surface area contributed by atoms with Crippen molar-refractivity contribution in [2.75, 3.05) is 19.0 Å². The second kappa shape index (κ2) is 8.67. The van der Waals surface area contributed by atoms with Crippen LogP contribution in [0.15, 0.2) is 47.4 Å². The minimum atomic E-state index is -0.462. The number of fused-ring (bicyclic) bond motifs is 1. The van der Waals surface area contributed by atoms with E-state index in [9.17, 15) is 9.59 Å². The lowest BCUT2D eigenvalue weighted by atomic mass is 10.1. The summed E-state index contributed by atoms with van der Waals surface area (Å²) in [5.41, 5.74) is 1.64. The molecular formula is C20H21ClN2O3S. The Hall–Kier alpha value is -2.18. The maximum atomic E-state index is 12.7. The number of rotatable bonds is 6. The normalized spacial score (nSPS) is 15.7. The highest BCUT2D eigenvalue weighted by atomic mass is 35.5. The van der Waals surface area contributed by atoms with Gasteiger partial charge in [-0.1, -0.05) is 29.8 Å². The van der Waals surface area contributed by atoms with Gasteiger partial charge in [0, 0.05) is 35.5 Å². The smallest absolute Gasteiger partial charge is 0.238 e. The lowest BCUT2D eigenvalue weighted by Crippen LogP contribution is -2.35. The Bertz CT molecular complexity index is 859. The molecule has 1 N–H and O–H groups in total. The van der Waals surface area contributed by atoms with Gasteiger partial charge in [0.05, 0.1) is 17.5 Å². The molecule has 0 aliphatic carbocycles. The van der Waals surface area contributed by atoms with Crippen LogP contribution < -0.4 is 10.1 Å². The minimum Gasteiger partial charge on any atom is -0.494 e. The number of anilines is 1. The van der Waals surface area contributed by atoms with Gasteiger partial charge in [-0.3, -0.25) is 9.59 Å². The van der Waals surface area contributed by atoms with Gasteiger partial charge in [0.25, 0.3) is 0 Å². The average Bonchev–Trinajstić information content (AvgIpc) is 2.64. The zero-order valence-electron chi connectivity index (χ0n) is 15.2. The van der Waals surface area contributed by atoms with E-state index in [1.165, 1.54) is 11.8 Å². The Labute approximate surface area is 168 Å². The largest absolute Gasteiger partial charge is 0.494 e. The number of benzene rings is 2. The molecule has 0 saturated heterocycles. The number of halogens is 1. The maximum absolute atomic E-state index is 12.7. The third-order valence-electron chi connectivity index (χ3n) is 4.23. The zero-order chi connectivity index (χ0) is 19.4. The highest BCUT2D eigenvalue weighted by molar-refractivity contribution is 8.01. The van der Waals surface area contributed by atoms with Gasteiger partial charge in [0.15, 0.2) is 0 Å². The number of nitrogens with one attached hydrogen (secondary N) is 1. The first-order valence-electron chi connectivity index (χ1n) is 8.69. The molecule has 1 aliphatic rings. The number of thioether (sulfide) groups is 1. The van der Waals surface area contributed by atoms with E-state index in [1.807, 2.05) is 37.3 Å². The average molecular weight is 405 g/mol. The Morgan fingerprint density at radius 1 is 1.30 bits per heavy atom. The van der Waals surface area contributed by atoms with Crippen molar-refractivity contribution in [3.8, 4) is 5.75 Å². The van der Waals surface area contributed by atoms with Crippen LogP contribution in [-0.4, -0.2) is 35.6 Å². The first kappa shape index (κ1) is 19.6. The molecule has 2 aromatic carbocycles. The summed E-state index contributed by atoms with van der Waals surface area (Å²) in [5.74, 6) is 0.507. The van der Waals surface area contributed by atoms with Crippen LogP contribution in [0.5, 0.6) is 5.75 Å². The Kier molecular flexibility index (Phi) is 6.29. The first-order chi connectivity index (χ1) is 13.0. The van der Waals surface area contributed by atoms with Gasteiger partial charge < -0.3 is 15.0 Å². The summed E-state index contributed by atoms with van der Waals surface area (Å²) in [5, 5.41) is 2.94. The van der Waals surface area contributed by atoms with Crippen molar-refractivity contribution in [2.45, 2.75) is 30.0 Å². The van der Waals surface area contributed by atoms with Crippen molar-refractivity contribution in [3.05, 3.63) is 53.1 Å². The summed E-state index contributed by atoms with van der Waals surface area (Å²) in [6.07, 6.45) is 0.131. The predicted octanol–water partition coefficient (Wildman–Crippen LogP) is 4.20. The van der Waals surface area contributed by atoms with E-state index in [-0.39, 0.29) is 18.2 Å². The maximum Gasteiger partial charge on any atom is 0.238 e.